The molecule has 0 spiro atoms. The van der Waals surface area contributed by atoms with Crippen molar-refractivity contribution in [2.45, 2.75) is 44.9 Å². The molecule has 2 aromatic carbocycles. The summed E-state index contributed by atoms with van der Waals surface area (Å²) in [6.45, 7) is 0. The number of amides is 1. The number of nitrogens with one attached hydrogen (secondary N) is 1. The summed E-state index contributed by atoms with van der Waals surface area (Å²) in [6.07, 6.45) is 10.4. The van der Waals surface area contributed by atoms with Crippen LogP contribution in [0.4, 0.5) is 10.2 Å². The number of carbonyl (C=O) groups is 1. The SMILES string of the molecule is O=C(Nc1ncc(-c2ccc(F)cc2)nc1CC12CC3CC(CC(C3)C1)C2)c1ccccc1. The van der Waals surface area contributed by atoms with Crippen molar-refractivity contribution in [3.63, 3.8) is 0 Å². The zero-order chi connectivity index (χ0) is 22.4. The van der Waals surface area contributed by atoms with Crippen molar-refractivity contribution >= 4 is 11.7 Å². The summed E-state index contributed by atoms with van der Waals surface area (Å²) in [7, 11) is 0. The molecule has 3 aromatic rings. The van der Waals surface area contributed by atoms with Gasteiger partial charge in [0.05, 0.1) is 17.6 Å². The van der Waals surface area contributed by atoms with Crippen molar-refractivity contribution in [3.05, 3.63) is 77.9 Å². The van der Waals surface area contributed by atoms with Crippen molar-refractivity contribution < 1.29 is 9.18 Å². The molecule has 0 aliphatic heterocycles. The summed E-state index contributed by atoms with van der Waals surface area (Å²) in [6, 6.07) is 15.6. The van der Waals surface area contributed by atoms with Gasteiger partial charge in [-0.05, 0) is 105 Å². The van der Waals surface area contributed by atoms with E-state index in [1.807, 2.05) is 18.2 Å². The van der Waals surface area contributed by atoms with Gasteiger partial charge in [-0.3, -0.25) is 4.79 Å². The van der Waals surface area contributed by atoms with Gasteiger partial charge in [-0.15, -0.1) is 0 Å². The number of hydrogen-bond donors (Lipinski definition) is 1. The lowest BCUT2D eigenvalue weighted by Crippen LogP contribution is -2.47. The molecular formula is C28H28FN3O. The van der Waals surface area contributed by atoms with Gasteiger partial charge in [0, 0.05) is 11.1 Å². The summed E-state index contributed by atoms with van der Waals surface area (Å²) in [4.78, 5) is 22.6. The molecule has 1 aromatic heterocycles. The van der Waals surface area contributed by atoms with Gasteiger partial charge in [0.15, 0.2) is 5.82 Å². The van der Waals surface area contributed by atoms with E-state index in [-0.39, 0.29) is 17.1 Å². The quantitative estimate of drug-likeness (QED) is 0.506. The van der Waals surface area contributed by atoms with Crippen LogP contribution in [0.15, 0.2) is 60.8 Å². The topological polar surface area (TPSA) is 54.9 Å². The Morgan fingerprint density at radius 2 is 1.58 bits per heavy atom. The van der Waals surface area contributed by atoms with Crippen LogP contribution in [0.3, 0.4) is 0 Å². The van der Waals surface area contributed by atoms with E-state index in [1.54, 1.807) is 30.5 Å². The molecule has 5 heteroatoms. The molecule has 4 aliphatic rings. The van der Waals surface area contributed by atoms with Crippen molar-refractivity contribution in [1.29, 1.82) is 0 Å². The van der Waals surface area contributed by atoms with Gasteiger partial charge in [-0.2, -0.15) is 0 Å². The highest BCUT2D eigenvalue weighted by molar-refractivity contribution is 6.04. The van der Waals surface area contributed by atoms with E-state index in [1.165, 1.54) is 50.7 Å². The molecule has 0 atom stereocenters. The number of nitrogens with zero attached hydrogens (tertiary/aromatic N) is 2. The minimum Gasteiger partial charge on any atom is -0.305 e. The summed E-state index contributed by atoms with van der Waals surface area (Å²) in [5.41, 5.74) is 3.26. The molecule has 4 bridgehead atoms. The number of carbonyl (C=O) groups excluding carboxylic acids is 1. The van der Waals surface area contributed by atoms with Crippen LogP contribution < -0.4 is 5.32 Å². The van der Waals surface area contributed by atoms with Crippen molar-refractivity contribution in [1.82, 2.24) is 9.97 Å². The van der Waals surface area contributed by atoms with Gasteiger partial charge in [-0.1, -0.05) is 18.2 Å². The van der Waals surface area contributed by atoms with Gasteiger partial charge >= 0.3 is 0 Å². The molecule has 1 N–H and O–H groups in total. The van der Waals surface area contributed by atoms with Crippen molar-refractivity contribution in [2.24, 2.45) is 23.2 Å². The van der Waals surface area contributed by atoms with E-state index in [9.17, 15) is 9.18 Å². The van der Waals surface area contributed by atoms with Crippen LogP contribution in [0.1, 0.15) is 54.6 Å². The first-order valence-corrected chi connectivity index (χ1v) is 12.0. The fraction of sp³-hybridized carbons (Fsp3) is 0.393. The largest absolute Gasteiger partial charge is 0.305 e. The zero-order valence-corrected chi connectivity index (χ0v) is 18.6. The second-order valence-electron chi connectivity index (χ2n) is 10.5. The Kier molecular flexibility index (Phi) is 5.01. The number of hydrogen-bond acceptors (Lipinski definition) is 3. The third-order valence-electron chi connectivity index (χ3n) is 7.96. The number of benzene rings is 2. The lowest BCUT2D eigenvalue weighted by Gasteiger charge is -2.57. The Balaban J connectivity index is 1.35. The number of halogens is 1. The highest BCUT2D eigenvalue weighted by Gasteiger charge is 2.51. The Morgan fingerprint density at radius 3 is 2.21 bits per heavy atom. The smallest absolute Gasteiger partial charge is 0.256 e. The molecule has 4 fully saturated rings. The van der Waals surface area contributed by atoms with Crippen LogP contribution in [-0.4, -0.2) is 15.9 Å². The number of anilines is 1. The molecule has 4 saturated carbocycles. The van der Waals surface area contributed by atoms with Crippen molar-refractivity contribution in [2.75, 3.05) is 5.32 Å². The summed E-state index contributed by atoms with van der Waals surface area (Å²) >= 11 is 0. The lowest BCUT2D eigenvalue weighted by molar-refractivity contribution is -0.0526. The number of rotatable bonds is 5. The van der Waals surface area contributed by atoms with Crippen LogP contribution in [0.5, 0.6) is 0 Å². The fourth-order valence-corrected chi connectivity index (χ4v) is 7.05. The minimum absolute atomic E-state index is 0.175. The van der Waals surface area contributed by atoms with Gasteiger partial charge in [0.1, 0.15) is 5.82 Å². The normalized spacial score (nSPS) is 27.5. The van der Waals surface area contributed by atoms with Gasteiger partial charge in [0.2, 0.25) is 0 Å². The zero-order valence-electron chi connectivity index (χ0n) is 18.6. The average molecular weight is 442 g/mol. The molecule has 0 unspecified atom stereocenters. The van der Waals surface area contributed by atoms with E-state index >= 15 is 0 Å². The van der Waals surface area contributed by atoms with E-state index in [2.05, 4.69) is 10.3 Å². The Hall–Kier alpha value is -3.08. The second kappa shape index (κ2) is 8.05. The van der Waals surface area contributed by atoms with Crippen LogP contribution in [-0.2, 0) is 6.42 Å². The van der Waals surface area contributed by atoms with Crippen LogP contribution in [0, 0.1) is 29.0 Å². The standard InChI is InChI=1S/C28H28FN3O/c29-23-8-6-21(7-9-23)25-17-30-26(32-27(33)22-4-2-1-3-5-22)24(31-25)16-28-13-18-10-19(14-28)12-20(11-18)15-28/h1-9,17-20H,10-16H2,(H,30,32,33). The minimum atomic E-state index is -0.271. The molecule has 0 radical (unpaired) electrons. The van der Waals surface area contributed by atoms with E-state index in [0.717, 1.165) is 35.4 Å². The summed E-state index contributed by atoms with van der Waals surface area (Å²) < 4.78 is 13.5. The second-order valence-corrected chi connectivity index (χ2v) is 10.5. The highest BCUT2D eigenvalue weighted by Crippen LogP contribution is 2.61. The Bertz CT molecular complexity index is 1140. The van der Waals surface area contributed by atoms with E-state index in [4.69, 9.17) is 4.98 Å². The third-order valence-corrected chi connectivity index (χ3v) is 7.96. The van der Waals surface area contributed by atoms with Crippen LogP contribution in [0.2, 0.25) is 0 Å². The van der Waals surface area contributed by atoms with Gasteiger partial charge < -0.3 is 5.32 Å². The molecule has 0 saturated heterocycles. The number of aromatic nitrogens is 2. The molecule has 4 nitrogen and oxygen atoms in total. The van der Waals surface area contributed by atoms with Gasteiger partial charge in [-0.25, -0.2) is 14.4 Å². The molecule has 33 heavy (non-hydrogen) atoms. The predicted octanol–water partition coefficient (Wildman–Crippen LogP) is 6.29. The molecule has 1 amide bonds. The highest BCUT2D eigenvalue weighted by atomic mass is 19.1. The van der Waals surface area contributed by atoms with E-state index < -0.39 is 0 Å². The Morgan fingerprint density at radius 1 is 0.939 bits per heavy atom. The first-order valence-electron chi connectivity index (χ1n) is 12.0. The van der Waals surface area contributed by atoms with Crippen LogP contribution in [0.25, 0.3) is 11.3 Å². The fourth-order valence-electron chi connectivity index (χ4n) is 7.05. The molecule has 4 aliphatic carbocycles. The summed E-state index contributed by atoms with van der Waals surface area (Å²) in [5.74, 6) is 2.62. The van der Waals surface area contributed by atoms with Crippen molar-refractivity contribution in [3.8, 4) is 11.3 Å². The Labute approximate surface area is 193 Å². The maximum atomic E-state index is 13.5. The predicted molar refractivity (Wildman–Crippen MR) is 126 cm³/mol. The monoisotopic (exact) mass is 441 g/mol. The maximum absolute atomic E-state index is 13.5. The van der Waals surface area contributed by atoms with Crippen LogP contribution >= 0.6 is 0 Å². The maximum Gasteiger partial charge on any atom is 0.256 e. The van der Waals surface area contributed by atoms with Gasteiger partial charge in [0.25, 0.3) is 5.91 Å². The summed E-state index contributed by atoms with van der Waals surface area (Å²) in [5, 5.41) is 3.02. The molecule has 1 heterocycles. The third kappa shape index (κ3) is 4.05. The first-order chi connectivity index (χ1) is 16.1. The lowest BCUT2D eigenvalue weighted by atomic mass is 9.48. The molecule has 168 valence electrons. The first kappa shape index (κ1) is 20.5. The van der Waals surface area contributed by atoms with E-state index in [0.29, 0.717) is 17.1 Å². The average Bonchev–Trinajstić information content (AvgIpc) is 2.80. The molecule has 7 rings (SSSR count). The molecular weight excluding hydrogens is 413 g/mol.